The van der Waals surface area contributed by atoms with E-state index in [-0.39, 0.29) is 37.7 Å². The summed E-state index contributed by atoms with van der Waals surface area (Å²) in [5.74, 6) is -1.31. The topological polar surface area (TPSA) is 132 Å². The van der Waals surface area contributed by atoms with E-state index in [0.29, 0.717) is 12.8 Å². The van der Waals surface area contributed by atoms with E-state index >= 15 is 0 Å². The summed E-state index contributed by atoms with van der Waals surface area (Å²) in [5.41, 5.74) is 0. The average Bonchev–Trinajstić information content (AvgIpc) is 2.97. The first-order valence-electron chi connectivity index (χ1n) is 18.6. The molecule has 45 heavy (non-hydrogen) atoms. The van der Waals surface area contributed by atoms with Gasteiger partial charge < -0.3 is 20.4 Å². The number of rotatable bonds is 32. The van der Waals surface area contributed by atoms with E-state index in [4.69, 9.17) is 25.2 Å². The maximum atomic E-state index is 10.3. The third-order valence-corrected chi connectivity index (χ3v) is 7.99. The van der Waals surface area contributed by atoms with Gasteiger partial charge in [-0.05, 0) is 12.8 Å². The third kappa shape index (κ3) is 66.7. The van der Waals surface area contributed by atoms with Gasteiger partial charge in [-0.15, -0.1) is 0 Å². The summed E-state index contributed by atoms with van der Waals surface area (Å²) in [5, 5.41) is 31.0. The van der Waals surface area contributed by atoms with E-state index in [1.54, 1.807) is 0 Å². The first-order chi connectivity index (χ1) is 21.3. The van der Waals surface area contributed by atoms with E-state index in [1.807, 2.05) is 0 Å². The van der Waals surface area contributed by atoms with Gasteiger partial charge in [-0.3, -0.25) is 9.59 Å². The number of carboxylic acid groups (broad SMARTS) is 4. The molecule has 0 aliphatic heterocycles. The van der Waals surface area contributed by atoms with Crippen LogP contribution in [0, 0.1) is 0 Å². The molecular formula is C37H76CaO7. The fraction of sp³-hybridized carbons (Fsp3) is 0.919. The Hall–Kier alpha value is -0.530. The SMILES string of the molecule is CCCCCCCCCCCCCCCCCC(=O)O.CCCCCCCCCCCCCCCCCC(=O)O.O=C(O)O.[CaH2]. The number of hydrogen-bond donors (Lipinski definition) is 4. The second-order valence-electron chi connectivity index (χ2n) is 12.5. The van der Waals surface area contributed by atoms with E-state index in [0.717, 1.165) is 25.7 Å². The Balaban J connectivity index is -0.000000327. The van der Waals surface area contributed by atoms with Crippen LogP contribution in [0.25, 0.3) is 0 Å². The summed E-state index contributed by atoms with van der Waals surface area (Å²) < 4.78 is 0. The third-order valence-electron chi connectivity index (χ3n) is 7.99. The Morgan fingerprint density at radius 1 is 0.311 bits per heavy atom. The van der Waals surface area contributed by atoms with Gasteiger partial charge in [0.1, 0.15) is 0 Å². The zero-order valence-corrected chi connectivity index (χ0v) is 29.1. The first-order valence-corrected chi connectivity index (χ1v) is 18.6. The Bertz CT molecular complexity index is 539. The van der Waals surface area contributed by atoms with E-state index in [2.05, 4.69) is 13.8 Å². The molecule has 0 atom stereocenters. The van der Waals surface area contributed by atoms with Crippen LogP contribution in [0.1, 0.15) is 219 Å². The van der Waals surface area contributed by atoms with Crippen LogP contribution in [0.4, 0.5) is 4.79 Å². The van der Waals surface area contributed by atoms with E-state index in [9.17, 15) is 9.59 Å². The summed E-state index contributed by atoms with van der Waals surface area (Å²) in [6.07, 6.45) is 38.6. The van der Waals surface area contributed by atoms with Crippen molar-refractivity contribution in [1.29, 1.82) is 0 Å². The van der Waals surface area contributed by atoms with E-state index in [1.165, 1.54) is 167 Å². The summed E-state index contributed by atoms with van der Waals surface area (Å²) >= 11 is 0. The second-order valence-corrected chi connectivity index (χ2v) is 12.5. The zero-order chi connectivity index (χ0) is 33.4. The van der Waals surface area contributed by atoms with Gasteiger partial charge in [0, 0.05) is 12.8 Å². The van der Waals surface area contributed by atoms with Gasteiger partial charge in [0.05, 0.1) is 0 Å². The van der Waals surface area contributed by atoms with Crippen molar-refractivity contribution < 1.29 is 34.8 Å². The fourth-order valence-electron chi connectivity index (χ4n) is 5.30. The molecule has 8 heteroatoms. The molecule has 0 bridgehead atoms. The molecule has 268 valence electrons. The molecule has 0 radical (unpaired) electrons. The molecule has 0 unspecified atom stereocenters. The second kappa shape index (κ2) is 47.9. The molecule has 0 aromatic carbocycles. The number of hydrogen-bond acceptors (Lipinski definition) is 3. The summed E-state index contributed by atoms with van der Waals surface area (Å²) in [7, 11) is 0. The van der Waals surface area contributed by atoms with Crippen molar-refractivity contribution in [3.8, 4) is 0 Å². The van der Waals surface area contributed by atoms with Gasteiger partial charge in [-0.2, -0.15) is 0 Å². The average molecular weight is 673 g/mol. The Morgan fingerprint density at radius 3 is 0.578 bits per heavy atom. The molecule has 7 nitrogen and oxygen atoms in total. The van der Waals surface area contributed by atoms with Crippen molar-refractivity contribution in [2.24, 2.45) is 0 Å². The molecule has 0 spiro atoms. The van der Waals surface area contributed by atoms with Crippen LogP contribution in [0.2, 0.25) is 0 Å². The monoisotopic (exact) mass is 673 g/mol. The van der Waals surface area contributed by atoms with E-state index < -0.39 is 18.1 Å². The standard InChI is InChI=1S/2C18H36O2.CH2O3.Ca.2H/c2*1-2-3-4-5-6-7-8-9-10-11-12-13-14-15-16-17-18(19)20;2-1(3)4;;;/h2*2-17H2,1H3,(H,19,20);(H2,2,3,4);;;. The van der Waals surface area contributed by atoms with Gasteiger partial charge in [-0.25, -0.2) is 4.79 Å². The molecule has 0 saturated carbocycles. The Labute approximate surface area is 308 Å². The van der Waals surface area contributed by atoms with Gasteiger partial charge >= 0.3 is 55.8 Å². The normalized spacial score (nSPS) is 10.2. The Kier molecular flexibility index (Phi) is 54.6. The van der Waals surface area contributed by atoms with Crippen molar-refractivity contribution in [3.05, 3.63) is 0 Å². The van der Waals surface area contributed by atoms with Crippen LogP contribution >= 0.6 is 0 Å². The molecule has 0 rings (SSSR count). The molecule has 0 aromatic rings. The van der Waals surface area contributed by atoms with Crippen molar-refractivity contribution in [1.82, 2.24) is 0 Å². The summed E-state index contributed by atoms with van der Waals surface area (Å²) in [4.78, 5) is 29.2. The molecule has 0 saturated heterocycles. The molecule has 4 N–H and O–H groups in total. The van der Waals surface area contributed by atoms with Crippen LogP contribution in [-0.4, -0.2) is 76.3 Å². The molecule has 0 heterocycles. The molecule has 0 aliphatic carbocycles. The van der Waals surface area contributed by atoms with Crippen LogP contribution in [0.15, 0.2) is 0 Å². The maximum absolute atomic E-state index is 10.3. The Morgan fingerprint density at radius 2 is 0.444 bits per heavy atom. The van der Waals surface area contributed by atoms with Gasteiger partial charge in [0.2, 0.25) is 0 Å². The van der Waals surface area contributed by atoms with Crippen LogP contribution in [-0.2, 0) is 9.59 Å². The number of carbonyl (C=O) groups is 3. The van der Waals surface area contributed by atoms with Crippen molar-refractivity contribution in [2.75, 3.05) is 0 Å². The van der Waals surface area contributed by atoms with Crippen molar-refractivity contribution in [2.45, 2.75) is 219 Å². The fourth-order valence-corrected chi connectivity index (χ4v) is 5.30. The zero-order valence-electron chi connectivity index (χ0n) is 29.1. The molecule has 0 amide bonds. The van der Waals surface area contributed by atoms with Crippen LogP contribution in [0.5, 0.6) is 0 Å². The summed E-state index contributed by atoms with van der Waals surface area (Å²) in [6, 6.07) is 0. The minimum atomic E-state index is -1.83. The van der Waals surface area contributed by atoms with Gasteiger partial charge in [0.25, 0.3) is 0 Å². The predicted molar refractivity (Wildman–Crippen MR) is 194 cm³/mol. The van der Waals surface area contributed by atoms with Gasteiger partial charge in [0.15, 0.2) is 0 Å². The minimum absolute atomic E-state index is 0. The van der Waals surface area contributed by atoms with Crippen molar-refractivity contribution >= 4 is 55.8 Å². The van der Waals surface area contributed by atoms with Crippen LogP contribution < -0.4 is 0 Å². The quantitative estimate of drug-likeness (QED) is 0.0413. The van der Waals surface area contributed by atoms with Crippen LogP contribution in [0.3, 0.4) is 0 Å². The molecule has 0 aromatic heterocycles. The van der Waals surface area contributed by atoms with Gasteiger partial charge in [-0.1, -0.05) is 194 Å². The molecule has 0 fully saturated rings. The van der Waals surface area contributed by atoms with Crippen molar-refractivity contribution in [3.63, 3.8) is 0 Å². The summed E-state index contributed by atoms with van der Waals surface area (Å²) in [6.45, 7) is 4.54. The molecule has 0 aliphatic rings. The number of carboxylic acids is 2. The molecular weight excluding hydrogens is 596 g/mol. The number of unbranched alkanes of at least 4 members (excludes halogenated alkanes) is 28. The first kappa shape index (κ1) is 51.3. The number of aliphatic carboxylic acids is 2. The predicted octanol–water partition coefficient (Wildman–Crippen LogP) is 12.0.